The molecule has 0 atom stereocenters. The molecule has 1 aromatic rings. The lowest BCUT2D eigenvalue weighted by Crippen LogP contribution is -2.16. The van der Waals surface area contributed by atoms with Crippen LogP contribution in [0.1, 0.15) is 19.4 Å². The Morgan fingerprint density at radius 3 is 2.47 bits per heavy atom. The van der Waals surface area contributed by atoms with Crippen molar-refractivity contribution in [1.82, 2.24) is 0 Å². The number of phenolic OH excluding ortho intramolecular Hbond substituents is 1. The molecule has 0 bridgehead atoms. The molecule has 15 heavy (non-hydrogen) atoms. The topological polar surface area (TPSA) is 54.4 Å². The number of hydrogen-bond donors (Lipinski definition) is 1. The lowest BCUT2D eigenvalue weighted by atomic mass is 10.2. The molecule has 0 amide bonds. The molecule has 0 unspecified atom stereocenters. The van der Waals surface area contributed by atoms with Crippen molar-refractivity contribution in [3.63, 3.8) is 0 Å². The van der Waals surface area contributed by atoms with Crippen LogP contribution in [0.4, 0.5) is 0 Å². The van der Waals surface area contributed by atoms with Crippen molar-refractivity contribution in [2.24, 2.45) is 0 Å². The lowest BCUT2D eigenvalue weighted by Gasteiger charge is -2.09. The van der Waals surface area contributed by atoms with Gasteiger partial charge in [0.1, 0.15) is 5.75 Å². The molecule has 84 valence electrons. The third kappa shape index (κ3) is 3.11. The third-order valence-corrected chi connectivity index (χ3v) is 4.51. The van der Waals surface area contributed by atoms with Gasteiger partial charge in [0.25, 0.3) is 0 Å². The maximum absolute atomic E-state index is 11.6. The third-order valence-electron chi connectivity index (χ3n) is 2.12. The maximum Gasteiger partial charge on any atom is 0.156 e. The van der Waals surface area contributed by atoms with Gasteiger partial charge in [-0.05, 0) is 26.0 Å². The summed E-state index contributed by atoms with van der Waals surface area (Å²) in [7, 11) is -3.19. The van der Waals surface area contributed by atoms with Crippen LogP contribution in [0, 0.1) is 0 Å². The Hall–Kier alpha value is -0.740. The average Bonchev–Trinajstić information content (AvgIpc) is 2.09. The highest BCUT2D eigenvalue weighted by atomic mass is 35.5. The molecule has 3 nitrogen and oxygen atoms in total. The molecule has 0 aliphatic heterocycles. The molecule has 5 heteroatoms. The summed E-state index contributed by atoms with van der Waals surface area (Å²) in [6.45, 7) is 3.23. The second-order valence-electron chi connectivity index (χ2n) is 3.63. The van der Waals surface area contributed by atoms with E-state index >= 15 is 0 Å². The largest absolute Gasteiger partial charge is 0.508 e. The molecule has 0 spiro atoms. The first-order valence-corrected chi connectivity index (χ1v) is 6.61. The monoisotopic (exact) mass is 248 g/mol. The molecule has 0 aliphatic carbocycles. The van der Waals surface area contributed by atoms with Crippen molar-refractivity contribution in [1.29, 1.82) is 0 Å². The predicted molar refractivity (Wildman–Crippen MR) is 60.9 cm³/mol. The van der Waals surface area contributed by atoms with E-state index in [2.05, 4.69) is 0 Å². The number of rotatable bonds is 3. The van der Waals surface area contributed by atoms with Gasteiger partial charge in [0.15, 0.2) is 9.84 Å². The van der Waals surface area contributed by atoms with Crippen LogP contribution in [0.15, 0.2) is 18.2 Å². The van der Waals surface area contributed by atoms with Crippen LogP contribution < -0.4 is 0 Å². The van der Waals surface area contributed by atoms with E-state index in [1.54, 1.807) is 19.9 Å². The number of halogens is 1. The van der Waals surface area contributed by atoms with Gasteiger partial charge in [-0.1, -0.05) is 17.7 Å². The van der Waals surface area contributed by atoms with Crippen molar-refractivity contribution in [3.05, 3.63) is 28.8 Å². The molecular formula is C10H13ClO3S. The second-order valence-corrected chi connectivity index (χ2v) is 6.62. The zero-order valence-electron chi connectivity index (χ0n) is 8.57. The van der Waals surface area contributed by atoms with Crippen molar-refractivity contribution in [2.75, 3.05) is 0 Å². The van der Waals surface area contributed by atoms with Gasteiger partial charge in [-0.15, -0.1) is 0 Å². The summed E-state index contributed by atoms with van der Waals surface area (Å²) < 4.78 is 23.2. The summed E-state index contributed by atoms with van der Waals surface area (Å²) in [5, 5.41) is 9.42. The highest BCUT2D eigenvalue weighted by Crippen LogP contribution is 2.24. The normalized spacial score (nSPS) is 12.0. The van der Waals surface area contributed by atoms with Crippen LogP contribution >= 0.6 is 11.6 Å². The second kappa shape index (κ2) is 4.41. The first-order chi connectivity index (χ1) is 6.83. The average molecular weight is 249 g/mol. The highest BCUT2D eigenvalue weighted by molar-refractivity contribution is 7.91. The smallest absolute Gasteiger partial charge is 0.156 e. The van der Waals surface area contributed by atoms with Gasteiger partial charge in [0.2, 0.25) is 0 Å². The molecule has 1 aromatic carbocycles. The van der Waals surface area contributed by atoms with E-state index in [1.807, 2.05) is 0 Å². The van der Waals surface area contributed by atoms with Gasteiger partial charge >= 0.3 is 0 Å². The Balaban J connectivity index is 3.01. The van der Waals surface area contributed by atoms with E-state index in [0.717, 1.165) is 0 Å². The summed E-state index contributed by atoms with van der Waals surface area (Å²) in [6.07, 6.45) is 0. The Labute approximate surface area is 94.6 Å². The Bertz CT molecular complexity index is 452. The van der Waals surface area contributed by atoms with Crippen molar-refractivity contribution in [3.8, 4) is 5.75 Å². The quantitative estimate of drug-likeness (QED) is 0.894. The van der Waals surface area contributed by atoms with E-state index in [9.17, 15) is 13.5 Å². The number of sulfone groups is 1. The van der Waals surface area contributed by atoms with Crippen LogP contribution in [0.5, 0.6) is 5.75 Å². The molecule has 1 N–H and O–H groups in total. The molecular weight excluding hydrogens is 236 g/mol. The summed E-state index contributed by atoms with van der Waals surface area (Å²) in [5.74, 6) is -0.236. The zero-order valence-corrected chi connectivity index (χ0v) is 10.1. The first kappa shape index (κ1) is 12.3. The minimum absolute atomic E-state index is 0.0771. The van der Waals surface area contributed by atoms with Crippen molar-refractivity contribution >= 4 is 21.4 Å². The van der Waals surface area contributed by atoms with Crippen LogP contribution in [-0.2, 0) is 15.6 Å². The lowest BCUT2D eigenvalue weighted by molar-refractivity contribution is 0.469. The van der Waals surface area contributed by atoms with Crippen LogP contribution in [-0.4, -0.2) is 18.8 Å². The van der Waals surface area contributed by atoms with E-state index < -0.39 is 15.1 Å². The fraction of sp³-hybridized carbons (Fsp3) is 0.400. The molecule has 0 aromatic heterocycles. The van der Waals surface area contributed by atoms with E-state index in [4.69, 9.17) is 11.6 Å². The Morgan fingerprint density at radius 1 is 1.40 bits per heavy atom. The summed E-state index contributed by atoms with van der Waals surface area (Å²) in [5.41, 5.74) is 0.383. The van der Waals surface area contributed by atoms with Gasteiger partial charge < -0.3 is 5.11 Å². The summed E-state index contributed by atoms with van der Waals surface area (Å²) in [6, 6.07) is 4.43. The highest BCUT2D eigenvalue weighted by Gasteiger charge is 2.18. The molecule has 0 fully saturated rings. The van der Waals surface area contributed by atoms with Crippen molar-refractivity contribution < 1.29 is 13.5 Å². The summed E-state index contributed by atoms with van der Waals surface area (Å²) in [4.78, 5) is 0. The standard InChI is InChI=1S/C10H13ClO3S/c1-7(2)15(13,14)6-8-3-4-9(11)5-10(8)12/h3-5,7,12H,6H2,1-2H3. The number of benzene rings is 1. The fourth-order valence-electron chi connectivity index (χ4n) is 1.04. The minimum atomic E-state index is -3.19. The van der Waals surface area contributed by atoms with Gasteiger partial charge in [0.05, 0.1) is 11.0 Å². The molecule has 0 heterocycles. The fourth-order valence-corrected chi connectivity index (χ4v) is 2.22. The van der Waals surface area contributed by atoms with E-state index in [-0.39, 0.29) is 11.5 Å². The molecule has 1 rings (SSSR count). The number of aromatic hydroxyl groups is 1. The maximum atomic E-state index is 11.6. The van der Waals surface area contributed by atoms with E-state index in [1.165, 1.54) is 12.1 Å². The molecule has 0 aliphatic rings. The SMILES string of the molecule is CC(C)S(=O)(=O)Cc1ccc(Cl)cc1O. The van der Waals surface area contributed by atoms with Crippen LogP contribution in [0.2, 0.25) is 5.02 Å². The molecule has 0 radical (unpaired) electrons. The number of hydrogen-bond acceptors (Lipinski definition) is 3. The minimum Gasteiger partial charge on any atom is -0.508 e. The van der Waals surface area contributed by atoms with E-state index in [0.29, 0.717) is 10.6 Å². The predicted octanol–water partition coefficient (Wildman–Crippen LogP) is 2.37. The Kier molecular flexibility index (Phi) is 3.62. The molecule has 0 saturated carbocycles. The van der Waals surface area contributed by atoms with Gasteiger partial charge in [-0.25, -0.2) is 8.42 Å². The van der Waals surface area contributed by atoms with Gasteiger partial charge in [-0.2, -0.15) is 0 Å². The zero-order chi connectivity index (χ0) is 11.6. The Morgan fingerprint density at radius 2 is 2.00 bits per heavy atom. The number of phenols is 1. The van der Waals surface area contributed by atoms with Crippen molar-refractivity contribution in [2.45, 2.75) is 24.9 Å². The first-order valence-electron chi connectivity index (χ1n) is 4.52. The summed E-state index contributed by atoms with van der Waals surface area (Å²) >= 11 is 5.64. The van der Waals surface area contributed by atoms with Crippen LogP contribution in [0.25, 0.3) is 0 Å². The van der Waals surface area contributed by atoms with Gasteiger partial charge in [0, 0.05) is 10.6 Å². The van der Waals surface area contributed by atoms with Crippen LogP contribution in [0.3, 0.4) is 0 Å². The van der Waals surface area contributed by atoms with Gasteiger partial charge in [-0.3, -0.25) is 0 Å². The molecule has 0 saturated heterocycles.